The first-order valence-electron chi connectivity index (χ1n) is 11.1. The van der Waals surface area contributed by atoms with E-state index >= 15 is 0 Å². The first-order valence-corrected chi connectivity index (χ1v) is 11.1. The average molecular weight is 402 g/mol. The van der Waals surface area contributed by atoms with Crippen molar-refractivity contribution in [3.63, 3.8) is 0 Å². The highest BCUT2D eigenvalue weighted by molar-refractivity contribution is 5.26. The van der Waals surface area contributed by atoms with Crippen LogP contribution in [0.4, 0.5) is 0 Å². The van der Waals surface area contributed by atoms with Gasteiger partial charge in [-0.25, -0.2) is 4.98 Å². The SMILES string of the molecule is CCCCC(c1ccccc1)n1c(C)nc2c(c1=O)CN(Cc1ccccc1)CC2. The summed E-state index contributed by atoms with van der Waals surface area (Å²) >= 11 is 0. The number of nitrogens with zero attached hydrogens (tertiary/aromatic N) is 3. The van der Waals surface area contributed by atoms with E-state index in [0.29, 0.717) is 6.54 Å². The summed E-state index contributed by atoms with van der Waals surface area (Å²) in [6, 6.07) is 20.9. The minimum Gasteiger partial charge on any atom is -0.294 e. The molecule has 3 aromatic rings. The zero-order valence-electron chi connectivity index (χ0n) is 18.1. The number of unbranched alkanes of at least 4 members (excludes halogenated alkanes) is 1. The molecule has 1 aromatic heterocycles. The number of benzene rings is 2. The van der Waals surface area contributed by atoms with Crippen molar-refractivity contribution in [1.82, 2.24) is 14.5 Å². The van der Waals surface area contributed by atoms with Gasteiger partial charge in [0.25, 0.3) is 5.56 Å². The fourth-order valence-corrected chi connectivity index (χ4v) is 4.53. The minimum absolute atomic E-state index is 0.0425. The Labute approximate surface area is 179 Å². The molecular weight excluding hydrogens is 370 g/mol. The van der Waals surface area contributed by atoms with Crippen molar-refractivity contribution in [3.8, 4) is 0 Å². The van der Waals surface area contributed by atoms with Crippen molar-refractivity contribution in [3.05, 3.63) is 99.2 Å². The second-order valence-electron chi connectivity index (χ2n) is 8.27. The maximum absolute atomic E-state index is 13.7. The van der Waals surface area contributed by atoms with Crippen LogP contribution in [0.25, 0.3) is 0 Å². The molecule has 2 aromatic carbocycles. The van der Waals surface area contributed by atoms with E-state index in [1.54, 1.807) is 0 Å². The van der Waals surface area contributed by atoms with Gasteiger partial charge in [0.05, 0.1) is 17.3 Å². The van der Waals surface area contributed by atoms with Crippen molar-refractivity contribution < 1.29 is 0 Å². The summed E-state index contributed by atoms with van der Waals surface area (Å²) < 4.78 is 1.95. The van der Waals surface area contributed by atoms with Gasteiger partial charge < -0.3 is 0 Å². The van der Waals surface area contributed by atoms with Crippen molar-refractivity contribution >= 4 is 0 Å². The van der Waals surface area contributed by atoms with E-state index in [9.17, 15) is 4.79 Å². The standard InChI is InChI=1S/C26H31N3O/c1-3-4-15-25(22-13-9-6-10-14-22)29-20(2)27-24-16-17-28(19-23(24)26(29)30)18-21-11-7-5-8-12-21/h5-14,25H,3-4,15-19H2,1-2H3. The third kappa shape index (κ3) is 4.39. The van der Waals surface area contributed by atoms with Gasteiger partial charge in [-0.2, -0.15) is 0 Å². The summed E-state index contributed by atoms with van der Waals surface area (Å²) in [5, 5.41) is 0. The number of hydrogen-bond donors (Lipinski definition) is 0. The number of fused-ring (bicyclic) bond motifs is 1. The first kappa shape index (κ1) is 20.5. The van der Waals surface area contributed by atoms with Gasteiger partial charge in [-0.1, -0.05) is 80.4 Å². The Morgan fingerprint density at radius 1 is 1.03 bits per heavy atom. The number of rotatable bonds is 7. The van der Waals surface area contributed by atoms with Gasteiger partial charge in [-0.05, 0) is 24.5 Å². The Morgan fingerprint density at radius 3 is 2.43 bits per heavy atom. The largest absolute Gasteiger partial charge is 0.294 e. The van der Waals surface area contributed by atoms with Gasteiger partial charge in [0.2, 0.25) is 0 Å². The Kier molecular flexibility index (Phi) is 6.44. The second kappa shape index (κ2) is 9.40. The van der Waals surface area contributed by atoms with E-state index < -0.39 is 0 Å². The molecule has 1 atom stereocenters. The van der Waals surface area contributed by atoms with Crippen LogP contribution >= 0.6 is 0 Å². The molecule has 0 radical (unpaired) electrons. The Morgan fingerprint density at radius 2 is 1.73 bits per heavy atom. The molecule has 156 valence electrons. The number of aromatic nitrogens is 2. The van der Waals surface area contributed by atoms with Crippen molar-refractivity contribution in [2.45, 2.75) is 58.7 Å². The zero-order chi connectivity index (χ0) is 20.9. The highest BCUT2D eigenvalue weighted by atomic mass is 16.1. The van der Waals surface area contributed by atoms with Gasteiger partial charge in [0, 0.05) is 26.1 Å². The zero-order valence-corrected chi connectivity index (χ0v) is 18.1. The molecule has 0 N–H and O–H groups in total. The van der Waals surface area contributed by atoms with Gasteiger partial charge >= 0.3 is 0 Å². The summed E-state index contributed by atoms with van der Waals surface area (Å²) in [6.07, 6.45) is 3.99. The summed E-state index contributed by atoms with van der Waals surface area (Å²) in [5.41, 5.74) is 4.47. The van der Waals surface area contributed by atoms with E-state index in [1.165, 1.54) is 11.1 Å². The Balaban J connectivity index is 1.68. The summed E-state index contributed by atoms with van der Waals surface area (Å²) in [4.78, 5) is 21.0. The molecule has 4 rings (SSSR count). The predicted octanol–water partition coefficient (Wildman–Crippen LogP) is 4.89. The minimum atomic E-state index is 0.0425. The molecule has 0 spiro atoms. The second-order valence-corrected chi connectivity index (χ2v) is 8.27. The lowest BCUT2D eigenvalue weighted by Crippen LogP contribution is -2.39. The fourth-order valence-electron chi connectivity index (χ4n) is 4.53. The summed E-state index contributed by atoms with van der Waals surface area (Å²) in [6.45, 7) is 6.66. The van der Waals surface area contributed by atoms with Crippen LogP contribution in [-0.4, -0.2) is 21.0 Å². The molecule has 0 amide bonds. The lowest BCUT2D eigenvalue weighted by molar-refractivity contribution is 0.239. The summed E-state index contributed by atoms with van der Waals surface area (Å²) in [7, 11) is 0. The molecular formula is C26H31N3O. The lowest BCUT2D eigenvalue weighted by atomic mass is 9.99. The molecule has 0 fully saturated rings. The maximum atomic E-state index is 13.7. The van der Waals surface area contributed by atoms with Crippen LogP contribution in [0.3, 0.4) is 0 Å². The molecule has 0 bridgehead atoms. The third-order valence-corrected chi connectivity index (χ3v) is 6.09. The van der Waals surface area contributed by atoms with Crippen molar-refractivity contribution in [2.24, 2.45) is 0 Å². The molecule has 30 heavy (non-hydrogen) atoms. The average Bonchev–Trinajstić information content (AvgIpc) is 2.78. The van der Waals surface area contributed by atoms with Gasteiger partial charge in [0.1, 0.15) is 5.82 Å². The molecule has 4 nitrogen and oxygen atoms in total. The highest BCUT2D eigenvalue weighted by Gasteiger charge is 2.25. The Hall–Kier alpha value is -2.72. The topological polar surface area (TPSA) is 38.1 Å². The van der Waals surface area contributed by atoms with E-state index in [-0.39, 0.29) is 11.6 Å². The molecule has 1 aliphatic heterocycles. The van der Waals surface area contributed by atoms with Crippen LogP contribution in [0.5, 0.6) is 0 Å². The first-order chi connectivity index (χ1) is 14.7. The quantitative estimate of drug-likeness (QED) is 0.566. The van der Waals surface area contributed by atoms with Crippen LogP contribution in [-0.2, 0) is 19.5 Å². The maximum Gasteiger partial charge on any atom is 0.258 e. The molecule has 0 saturated heterocycles. The predicted molar refractivity (Wildman–Crippen MR) is 122 cm³/mol. The van der Waals surface area contributed by atoms with E-state index in [2.05, 4.69) is 60.4 Å². The van der Waals surface area contributed by atoms with E-state index in [0.717, 1.165) is 55.9 Å². The van der Waals surface area contributed by atoms with Crippen LogP contribution < -0.4 is 5.56 Å². The summed E-state index contributed by atoms with van der Waals surface area (Å²) in [5.74, 6) is 0.834. The lowest BCUT2D eigenvalue weighted by Gasteiger charge is -2.30. The van der Waals surface area contributed by atoms with Crippen LogP contribution in [0.15, 0.2) is 65.5 Å². The van der Waals surface area contributed by atoms with Crippen LogP contribution in [0.2, 0.25) is 0 Å². The number of hydrogen-bond acceptors (Lipinski definition) is 3. The van der Waals surface area contributed by atoms with Crippen molar-refractivity contribution in [1.29, 1.82) is 0 Å². The Bertz CT molecular complexity index is 1030. The smallest absolute Gasteiger partial charge is 0.258 e. The molecule has 0 aliphatic carbocycles. The van der Waals surface area contributed by atoms with E-state index in [1.807, 2.05) is 23.6 Å². The molecule has 1 aliphatic rings. The molecule has 0 saturated carbocycles. The molecule has 4 heteroatoms. The highest BCUT2D eigenvalue weighted by Crippen LogP contribution is 2.25. The van der Waals surface area contributed by atoms with Crippen LogP contribution in [0, 0.1) is 6.92 Å². The number of aryl methyl sites for hydroxylation is 1. The normalized spacial score (nSPS) is 15.0. The third-order valence-electron chi connectivity index (χ3n) is 6.09. The van der Waals surface area contributed by atoms with Crippen LogP contribution in [0.1, 0.15) is 60.4 Å². The monoisotopic (exact) mass is 401 g/mol. The molecule has 2 heterocycles. The van der Waals surface area contributed by atoms with Gasteiger partial charge in [0.15, 0.2) is 0 Å². The van der Waals surface area contributed by atoms with Gasteiger partial charge in [-0.15, -0.1) is 0 Å². The van der Waals surface area contributed by atoms with Gasteiger partial charge in [-0.3, -0.25) is 14.3 Å². The molecule has 1 unspecified atom stereocenters. The fraction of sp³-hybridized carbons (Fsp3) is 0.385. The van der Waals surface area contributed by atoms with E-state index in [4.69, 9.17) is 4.98 Å². The van der Waals surface area contributed by atoms with Crippen molar-refractivity contribution in [2.75, 3.05) is 6.54 Å².